The average Bonchev–Trinajstić information content (AvgIpc) is 2.43. The number of hydrogen-bond acceptors (Lipinski definition) is 4. The second kappa shape index (κ2) is 7.24. The first kappa shape index (κ1) is 16.3. The summed E-state index contributed by atoms with van der Waals surface area (Å²) in [5.74, 6) is 0.684. The zero-order chi connectivity index (χ0) is 15.3. The third kappa shape index (κ3) is 4.18. The van der Waals surface area contributed by atoms with E-state index in [2.05, 4.69) is 10.0 Å². The van der Waals surface area contributed by atoms with E-state index in [9.17, 15) is 8.42 Å². The average molecular weight is 312 g/mol. The molecule has 1 fully saturated rings. The Morgan fingerprint density at radius 2 is 2.10 bits per heavy atom. The molecule has 0 aliphatic heterocycles. The molecule has 2 N–H and O–H groups in total. The summed E-state index contributed by atoms with van der Waals surface area (Å²) < 4.78 is 33.0. The van der Waals surface area contributed by atoms with Gasteiger partial charge in [0.1, 0.15) is 5.75 Å². The van der Waals surface area contributed by atoms with Gasteiger partial charge in [-0.15, -0.1) is 0 Å². The van der Waals surface area contributed by atoms with Gasteiger partial charge in [-0.3, -0.25) is 0 Å². The number of nitrogens with one attached hydrogen (secondary N) is 2. The molecule has 0 amide bonds. The maximum Gasteiger partial charge on any atom is 0.241 e. The molecule has 0 heterocycles. The number of likely N-dealkylation sites (N-methyl/N-ethyl adjacent to an activating group) is 1. The van der Waals surface area contributed by atoms with Crippen LogP contribution in [0.5, 0.6) is 5.75 Å². The molecule has 0 bridgehead atoms. The standard InChI is InChI=1S/C15H24N2O3S/c1-3-16-10-9-12-11-14(20-2)7-8-15(12)21(18,19)17-13-5-4-6-13/h7-8,11,13,16-17H,3-6,9-10H2,1-2H3. The second-order valence-corrected chi connectivity index (χ2v) is 7.01. The fourth-order valence-corrected chi connectivity index (χ4v) is 3.90. The molecule has 0 saturated heterocycles. The number of hydrogen-bond donors (Lipinski definition) is 2. The van der Waals surface area contributed by atoms with Crippen molar-refractivity contribution in [2.75, 3.05) is 20.2 Å². The number of benzene rings is 1. The first-order chi connectivity index (χ1) is 10.1. The van der Waals surface area contributed by atoms with Gasteiger partial charge in [-0.25, -0.2) is 13.1 Å². The van der Waals surface area contributed by atoms with Crippen LogP contribution in [0.15, 0.2) is 23.1 Å². The van der Waals surface area contributed by atoms with Gasteiger partial charge in [0.2, 0.25) is 10.0 Å². The molecular weight excluding hydrogens is 288 g/mol. The summed E-state index contributed by atoms with van der Waals surface area (Å²) in [6.45, 7) is 3.64. The van der Waals surface area contributed by atoms with E-state index < -0.39 is 10.0 Å². The molecule has 21 heavy (non-hydrogen) atoms. The maximum atomic E-state index is 12.5. The molecule has 0 radical (unpaired) electrons. The van der Waals surface area contributed by atoms with Crippen LogP contribution in [0.25, 0.3) is 0 Å². The Balaban J connectivity index is 2.22. The highest BCUT2D eigenvalue weighted by Gasteiger charge is 2.26. The van der Waals surface area contributed by atoms with E-state index in [4.69, 9.17) is 4.74 Å². The fourth-order valence-electron chi connectivity index (χ4n) is 2.35. The molecule has 6 heteroatoms. The molecule has 0 aromatic heterocycles. The Bertz CT molecular complexity index is 568. The van der Waals surface area contributed by atoms with Gasteiger partial charge in [0, 0.05) is 6.04 Å². The zero-order valence-electron chi connectivity index (χ0n) is 12.7. The number of methoxy groups -OCH3 is 1. The number of rotatable bonds is 8. The molecule has 0 spiro atoms. The molecule has 0 atom stereocenters. The monoisotopic (exact) mass is 312 g/mol. The van der Waals surface area contributed by atoms with Crippen LogP contribution in [0.2, 0.25) is 0 Å². The van der Waals surface area contributed by atoms with Gasteiger partial charge in [0.25, 0.3) is 0 Å². The van der Waals surface area contributed by atoms with Crippen LogP contribution in [-0.4, -0.2) is 34.7 Å². The highest BCUT2D eigenvalue weighted by atomic mass is 32.2. The van der Waals surface area contributed by atoms with Crippen molar-refractivity contribution >= 4 is 10.0 Å². The summed E-state index contributed by atoms with van der Waals surface area (Å²) in [5.41, 5.74) is 0.794. The van der Waals surface area contributed by atoms with Gasteiger partial charge in [0.05, 0.1) is 12.0 Å². The summed E-state index contributed by atoms with van der Waals surface area (Å²) in [7, 11) is -1.86. The Hall–Kier alpha value is -1.11. The van der Waals surface area contributed by atoms with Crippen LogP contribution in [0, 0.1) is 0 Å². The van der Waals surface area contributed by atoms with Crippen molar-refractivity contribution in [1.29, 1.82) is 0 Å². The maximum absolute atomic E-state index is 12.5. The van der Waals surface area contributed by atoms with Gasteiger partial charge in [-0.1, -0.05) is 13.3 Å². The van der Waals surface area contributed by atoms with Crippen molar-refractivity contribution in [2.24, 2.45) is 0 Å². The van der Waals surface area contributed by atoms with E-state index in [1.807, 2.05) is 13.0 Å². The van der Waals surface area contributed by atoms with Crippen molar-refractivity contribution in [1.82, 2.24) is 10.0 Å². The third-order valence-electron chi connectivity index (χ3n) is 3.81. The molecule has 0 unspecified atom stereocenters. The predicted octanol–water partition coefficient (Wildman–Crippen LogP) is 1.68. The Labute approximate surface area is 127 Å². The molecule has 1 aliphatic rings. The van der Waals surface area contributed by atoms with E-state index in [1.54, 1.807) is 19.2 Å². The smallest absolute Gasteiger partial charge is 0.241 e. The van der Waals surface area contributed by atoms with Crippen molar-refractivity contribution in [2.45, 2.75) is 43.5 Å². The molecule has 2 rings (SSSR count). The summed E-state index contributed by atoms with van der Waals surface area (Å²) in [6.07, 6.45) is 3.62. The van der Waals surface area contributed by atoms with Gasteiger partial charge >= 0.3 is 0 Å². The minimum atomic E-state index is -3.45. The largest absolute Gasteiger partial charge is 0.497 e. The first-order valence-corrected chi connectivity index (χ1v) is 8.95. The van der Waals surface area contributed by atoms with Crippen molar-refractivity contribution in [3.05, 3.63) is 23.8 Å². The summed E-state index contributed by atoms with van der Waals surface area (Å²) in [4.78, 5) is 0.369. The predicted molar refractivity (Wildman–Crippen MR) is 83.2 cm³/mol. The van der Waals surface area contributed by atoms with E-state index >= 15 is 0 Å². The van der Waals surface area contributed by atoms with Crippen molar-refractivity contribution in [3.8, 4) is 5.75 Å². The molecule has 1 aromatic carbocycles. The lowest BCUT2D eigenvalue weighted by Gasteiger charge is -2.26. The normalized spacial score (nSPS) is 15.7. The molecule has 1 aromatic rings. The minimum Gasteiger partial charge on any atom is -0.497 e. The number of sulfonamides is 1. The molecule has 1 aliphatic carbocycles. The lowest BCUT2D eigenvalue weighted by molar-refractivity contribution is 0.383. The third-order valence-corrected chi connectivity index (χ3v) is 5.43. The van der Waals surface area contributed by atoms with Crippen molar-refractivity contribution < 1.29 is 13.2 Å². The Morgan fingerprint density at radius 1 is 1.33 bits per heavy atom. The second-order valence-electron chi connectivity index (χ2n) is 5.33. The van der Waals surface area contributed by atoms with Crippen LogP contribution in [-0.2, 0) is 16.4 Å². The molecular formula is C15H24N2O3S. The van der Waals surface area contributed by atoms with Crippen molar-refractivity contribution in [3.63, 3.8) is 0 Å². The van der Waals surface area contributed by atoms with Crippen LogP contribution in [0.3, 0.4) is 0 Å². The fraction of sp³-hybridized carbons (Fsp3) is 0.600. The first-order valence-electron chi connectivity index (χ1n) is 7.46. The summed E-state index contributed by atoms with van der Waals surface area (Å²) >= 11 is 0. The Kier molecular flexibility index (Phi) is 5.61. The van der Waals surface area contributed by atoms with Gasteiger partial charge in [-0.2, -0.15) is 0 Å². The lowest BCUT2D eigenvalue weighted by atomic mass is 9.94. The SMILES string of the molecule is CCNCCc1cc(OC)ccc1S(=O)(=O)NC1CCC1. The topological polar surface area (TPSA) is 67.4 Å². The zero-order valence-corrected chi connectivity index (χ0v) is 13.5. The van der Waals surface area contributed by atoms with E-state index in [0.717, 1.165) is 37.9 Å². The summed E-state index contributed by atoms with van der Waals surface area (Å²) in [5, 5.41) is 3.22. The molecule has 1 saturated carbocycles. The number of ether oxygens (including phenoxy) is 1. The quantitative estimate of drug-likeness (QED) is 0.717. The van der Waals surface area contributed by atoms with E-state index in [-0.39, 0.29) is 6.04 Å². The highest BCUT2D eigenvalue weighted by Crippen LogP contribution is 2.25. The summed E-state index contributed by atoms with van der Waals surface area (Å²) in [6, 6.07) is 5.25. The van der Waals surface area contributed by atoms with E-state index in [0.29, 0.717) is 17.1 Å². The highest BCUT2D eigenvalue weighted by molar-refractivity contribution is 7.89. The van der Waals surface area contributed by atoms with E-state index in [1.165, 1.54) is 0 Å². The Morgan fingerprint density at radius 3 is 2.67 bits per heavy atom. The van der Waals surface area contributed by atoms with Gasteiger partial charge in [0.15, 0.2) is 0 Å². The minimum absolute atomic E-state index is 0.0960. The van der Waals surface area contributed by atoms with Crippen LogP contribution in [0.4, 0.5) is 0 Å². The van der Waals surface area contributed by atoms with Crippen LogP contribution in [0.1, 0.15) is 31.7 Å². The molecule has 5 nitrogen and oxygen atoms in total. The van der Waals surface area contributed by atoms with Crippen LogP contribution >= 0.6 is 0 Å². The van der Waals surface area contributed by atoms with Gasteiger partial charge < -0.3 is 10.1 Å². The van der Waals surface area contributed by atoms with Gasteiger partial charge in [-0.05, 0) is 56.1 Å². The molecule has 118 valence electrons. The van der Waals surface area contributed by atoms with Crippen LogP contribution < -0.4 is 14.8 Å². The lowest BCUT2D eigenvalue weighted by Crippen LogP contribution is -2.39.